The van der Waals surface area contributed by atoms with Crippen LogP contribution in [0.3, 0.4) is 0 Å². The van der Waals surface area contributed by atoms with Crippen molar-refractivity contribution in [2.45, 2.75) is 19.9 Å². The predicted molar refractivity (Wildman–Crippen MR) is 114 cm³/mol. The summed E-state index contributed by atoms with van der Waals surface area (Å²) in [6.07, 6.45) is 0. The first-order valence-corrected chi connectivity index (χ1v) is 9.67. The second-order valence-electron chi connectivity index (χ2n) is 6.33. The summed E-state index contributed by atoms with van der Waals surface area (Å²) in [4.78, 5) is 27.5. The number of carbonyl (C=O) groups excluding carboxylic acids is 1. The minimum absolute atomic E-state index is 0.130. The molecule has 8 nitrogen and oxygen atoms in total. The Labute approximate surface area is 171 Å². The van der Waals surface area contributed by atoms with Gasteiger partial charge in [0.05, 0.1) is 28.4 Å². The number of non-ortho nitro benzene ring substituents is 1. The molecule has 1 heterocycles. The van der Waals surface area contributed by atoms with Crippen LogP contribution in [0.2, 0.25) is 0 Å². The number of anilines is 2. The monoisotopic (exact) mass is 412 g/mol. The molecule has 0 radical (unpaired) electrons. The molecular weight excluding hydrogens is 392 g/mol. The molecule has 0 bridgehead atoms. The smallest absolute Gasteiger partial charge is 0.271 e. The third kappa shape index (κ3) is 4.88. The van der Waals surface area contributed by atoms with Crippen molar-refractivity contribution in [1.82, 2.24) is 4.98 Å². The minimum atomic E-state index is -0.577. The zero-order valence-corrected chi connectivity index (χ0v) is 16.9. The third-order valence-electron chi connectivity index (χ3n) is 4.23. The van der Waals surface area contributed by atoms with Crippen LogP contribution in [-0.2, 0) is 4.79 Å². The highest BCUT2D eigenvalue weighted by molar-refractivity contribution is 7.09. The van der Waals surface area contributed by atoms with Gasteiger partial charge in [-0.2, -0.15) is 0 Å². The van der Waals surface area contributed by atoms with E-state index in [0.29, 0.717) is 5.75 Å². The molecule has 0 spiro atoms. The number of hydrogen-bond donors (Lipinski definition) is 2. The molecule has 9 heteroatoms. The van der Waals surface area contributed by atoms with Crippen LogP contribution in [0.1, 0.15) is 11.9 Å². The van der Waals surface area contributed by atoms with Crippen molar-refractivity contribution in [2.75, 3.05) is 17.7 Å². The number of methoxy groups -OCH3 is 1. The van der Waals surface area contributed by atoms with E-state index in [2.05, 4.69) is 15.6 Å². The quantitative estimate of drug-likeness (QED) is 0.438. The van der Waals surface area contributed by atoms with Crippen LogP contribution in [0.4, 0.5) is 17.1 Å². The van der Waals surface area contributed by atoms with Crippen LogP contribution < -0.4 is 15.4 Å². The zero-order chi connectivity index (χ0) is 21.0. The van der Waals surface area contributed by atoms with Crippen molar-refractivity contribution in [3.8, 4) is 17.0 Å². The molecule has 2 N–H and O–H groups in total. The summed E-state index contributed by atoms with van der Waals surface area (Å²) in [5.74, 6) is 0.00191. The Kier molecular flexibility index (Phi) is 6.08. The highest BCUT2D eigenvalue weighted by Crippen LogP contribution is 2.29. The van der Waals surface area contributed by atoms with Gasteiger partial charge in [0.25, 0.3) is 5.69 Å². The lowest BCUT2D eigenvalue weighted by atomic mass is 10.1. The number of amides is 1. The number of aryl methyl sites for hydroxylation is 1. The number of rotatable bonds is 7. The van der Waals surface area contributed by atoms with E-state index in [1.807, 2.05) is 36.6 Å². The Morgan fingerprint density at radius 3 is 2.55 bits per heavy atom. The van der Waals surface area contributed by atoms with Crippen molar-refractivity contribution in [3.05, 3.63) is 63.0 Å². The van der Waals surface area contributed by atoms with Gasteiger partial charge in [-0.3, -0.25) is 14.9 Å². The number of hydrogen-bond acceptors (Lipinski definition) is 7. The van der Waals surface area contributed by atoms with E-state index in [4.69, 9.17) is 4.74 Å². The molecule has 0 aliphatic rings. The van der Waals surface area contributed by atoms with Crippen molar-refractivity contribution in [3.63, 3.8) is 0 Å². The Balaban J connectivity index is 1.68. The van der Waals surface area contributed by atoms with E-state index in [0.717, 1.165) is 22.0 Å². The SMILES string of the molecule is COc1ccc([N+](=O)[O-])cc1NC(=O)[C@@H](C)Nc1ccc(-c2csc(C)n2)cc1. The molecular formula is C20H20N4O4S. The molecule has 1 amide bonds. The van der Waals surface area contributed by atoms with Gasteiger partial charge in [0.2, 0.25) is 5.91 Å². The van der Waals surface area contributed by atoms with Crippen LogP contribution in [0, 0.1) is 17.0 Å². The zero-order valence-electron chi connectivity index (χ0n) is 16.1. The molecule has 0 unspecified atom stereocenters. The second-order valence-corrected chi connectivity index (χ2v) is 7.39. The first-order chi connectivity index (χ1) is 13.9. The van der Waals surface area contributed by atoms with Crippen LogP contribution >= 0.6 is 11.3 Å². The van der Waals surface area contributed by atoms with Crippen molar-refractivity contribution < 1.29 is 14.5 Å². The lowest BCUT2D eigenvalue weighted by molar-refractivity contribution is -0.384. The molecule has 3 rings (SSSR count). The third-order valence-corrected chi connectivity index (χ3v) is 5.00. The molecule has 0 saturated heterocycles. The number of nitrogens with one attached hydrogen (secondary N) is 2. The van der Waals surface area contributed by atoms with E-state index < -0.39 is 11.0 Å². The topological polar surface area (TPSA) is 106 Å². The fourth-order valence-electron chi connectivity index (χ4n) is 2.70. The molecule has 3 aromatic rings. The minimum Gasteiger partial charge on any atom is -0.495 e. The van der Waals surface area contributed by atoms with Gasteiger partial charge < -0.3 is 15.4 Å². The summed E-state index contributed by atoms with van der Waals surface area (Å²) >= 11 is 1.59. The van der Waals surface area contributed by atoms with E-state index >= 15 is 0 Å². The first kappa shape index (κ1) is 20.3. The van der Waals surface area contributed by atoms with Crippen LogP contribution in [0.25, 0.3) is 11.3 Å². The summed E-state index contributed by atoms with van der Waals surface area (Å²) in [6, 6.07) is 11.1. The van der Waals surface area contributed by atoms with Gasteiger partial charge in [-0.15, -0.1) is 11.3 Å². The lowest BCUT2D eigenvalue weighted by Gasteiger charge is -2.16. The maximum absolute atomic E-state index is 12.5. The summed E-state index contributed by atoms with van der Waals surface area (Å²) in [7, 11) is 1.43. The molecule has 150 valence electrons. The highest BCUT2D eigenvalue weighted by Gasteiger charge is 2.18. The number of nitro groups is 1. The number of carbonyl (C=O) groups is 1. The van der Waals surface area contributed by atoms with Gasteiger partial charge in [0.15, 0.2) is 0 Å². The number of nitro benzene ring substituents is 1. The van der Waals surface area contributed by atoms with Gasteiger partial charge in [-0.1, -0.05) is 12.1 Å². The molecule has 0 aliphatic heterocycles. The Morgan fingerprint density at radius 1 is 1.24 bits per heavy atom. The predicted octanol–water partition coefficient (Wildman–Crippen LogP) is 4.47. The number of ether oxygens (including phenoxy) is 1. The van der Waals surface area contributed by atoms with Crippen molar-refractivity contribution in [2.24, 2.45) is 0 Å². The molecule has 1 atom stereocenters. The standard InChI is InChI=1S/C20H20N4O4S/c1-12(20(25)23-17-10-16(24(26)27)8-9-19(17)28-3)21-15-6-4-14(5-7-15)18-11-29-13(2)22-18/h4-12,21H,1-3H3,(H,23,25)/t12-/m1/s1. The van der Waals surface area contributed by atoms with Gasteiger partial charge in [-0.25, -0.2) is 4.98 Å². The average molecular weight is 412 g/mol. The van der Waals surface area contributed by atoms with Gasteiger partial charge >= 0.3 is 0 Å². The Hall–Kier alpha value is -3.46. The summed E-state index contributed by atoms with van der Waals surface area (Å²) < 4.78 is 5.17. The number of nitrogens with zero attached hydrogens (tertiary/aromatic N) is 2. The fourth-order valence-corrected chi connectivity index (χ4v) is 3.32. The normalized spacial score (nSPS) is 11.6. The van der Waals surface area contributed by atoms with Crippen LogP contribution in [0.5, 0.6) is 5.75 Å². The summed E-state index contributed by atoms with van der Waals surface area (Å²) in [6.45, 7) is 3.66. The van der Waals surface area contributed by atoms with Gasteiger partial charge in [-0.05, 0) is 32.0 Å². The summed E-state index contributed by atoms with van der Waals surface area (Å²) in [5, 5.41) is 19.8. The van der Waals surface area contributed by atoms with E-state index in [1.54, 1.807) is 18.3 Å². The molecule has 0 fully saturated rings. The first-order valence-electron chi connectivity index (χ1n) is 8.80. The largest absolute Gasteiger partial charge is 0.495 e. The maximum atomic E-state index is 12.5. The molecule has 1 aromatic heterocycles. The van der Waals surface area contributed by atoms with Gasteiger partial charge in [0, 0.05) is 28.8 Å². The molecule has 0 saturated carbocycles. The molecule has 29 heavy (non-hydrogen) atoms. The van der Waals surface area contributed by atoms with E-state index in [9.17, 15) is 14.9 Å². The van der Waals surface area contributed by atoms with Crippen molar-refractivity contribution in [1.29, 1.82) is 0 Å². The average Bonchev–Trinajstić information content (AvgIpc) is 3.14. The second kappa shape index (κ2) is 8.70. The van der Waals surface area contributed by atoms with Crippen LogP contribution in [-0.4, -0.2) is 29.0 Å². The lowest BCUT2D eigenvalue weighted by Crippen LogP contribution is -2.32. The fraction of sp³-hybridized carbons (Fsp3) is 0.200. The number of thiazole rings is 1. The van der Waals surface area contributed by atoms with Crippen molar-refractivity contribution >= 4 is 34.3 Å². The van der Waals surface area contributed by atoms with Crippen LogP contribution in [0.15, 0.2) is 47.8 Å². The number of benzene rings is 2. The molecule has 2 aromatic carbocycles. The Morgan fingerprint density at radius 2 is 1.97 bits per heavy atom. The molecule has 0 aliphatic carbocycles. The highest BCUT2D eigenvalue weighted by atomic mass is 32.1. The van der Waals surface area contributed by atoms with E-state index in [-0.39, 0.29) is 17.3 Å². The summed E-state index contributed by atoms with van der Waals surface area (Å²) in [5.41, 5.74) is 2.81. The maximum Gasteiger partial charge on any atom is 0.271 e. The number of aromatic nitrogens is 1. The van der Waals surface area contributed by atoms with E-state index in [1.165, 1.54) is 25.3 Å². The van der Waals surface area contributed by atoms with Gasteiger partial charge in [0.1, 0.15) is 11.8 Å². The Bertz CT molecular complexity index is 1030.